The number of carbonyl (C=O) groups excluding carboxylic acids is 2. The van der Waals surface area contributed by atoms with Crippen molar-refractivity contribution in [3.63, 3.8) is 0 Å². The zero-order chi connectivity index (χ0) is 18.5. The minimum absolute atomic E-state index is 0.0328. The summed E-state index contributed by atoms with van der Waals surface area (Å²) in [6.45, 7) is 1.13. The number of ether oxygens (including phenoxy) is 1. The van der Waals surface area contributed by atoms with E-state index in [4.69, 9.17) is 16.3 Å². The van der Waals surface area contributed by atoms with Gasteiger partial charge in [-0.25, -0.2) is 4.79 Å². The van der Waals surface area contributed by atoms with Crippen molar-refractivity contribution in [3.05, 3.63) is 64.7 Å². The van der Waals surface area contributed by atoms with Crippen molar-refractivity contribution in [1.82, 2.24) is 10.2 Å². The number of piperazine rings is 1. The van der Waals surface area contributed by atoms with Crippen LogP contribution in [0.25, 0.3) is 0 Å². The van der Waals surface area contributed by atoms with Gasteiger partial charge < -0.3 is 10.1 Å². The van der Waals surface area contributed by atoms with E-state index < -0.39 is 6.09 Å². The normalized spacial score (nSPS) is 17.5. The van der Waals surface area contributed by atoms with Gasteiger partial charge in [-0.2, -0.15) is 0 Å². The second kappa shape index (κ2) is 8.21. The van der Waals surface area contributed by atoms with Gasteiger partial charge in [0.15, 0.2) is 0 Å². The van der Waals surface area contributed by atoms with Crippen molar-refractivity contribution in [2.45, 2.75) is 12.6 Å². The van der Waals surface area contributed by atoms with Crippen molar-refractivity contribution in [3.8, 4) is 0 Å². The van der Waals surface area contributed by atoms with E-state index in [1.165, 1.54) is 0 Å². The first kappa shape index (κ1) is 18.2. The van der Waals surface area contributed by atoms with Gasteiger partial charge in [0.25, 0.3) is 0 Å². The number of hydrogen-bond acceptors (Lipinski definition) is 4. The minimum atomic E-state index is -0.519. The fourth-order valence-electron chi connectivity index (χ4n) is 2.80. The lowest BCUT2D eigenvalue weighted by Crippen LogP contribution is -2.47. The molecule has 0 spiro atoms. The van der Waals surface area contributed by atoms with E-state index in [-0.39, 0.29) is 18.6 Å². The molecule has 1 aliphatic heterocycles. The van der Waals surface area contributed by atoms with Gasteiger partial charge in [-0.05, 0) is 42.4 Å². The van der Waals surface area contributed by atoms with E-state index in [0.717, 1.165) is 11.1 Å². The monoisotopic (exact) mass is 373 g/mol. The van der Waals surface area contributed by atoms with Crippen LogP contribution in [0, 0.1) is 0 Å². The Morgan fingerprint density at radius 3 is 2.58 bits per heavy atom. The number of anilines is 1. The van der Waals surface area contributed by atoms with Crippen LogP contribution in [0.1, 0.15) is 17.2 Å². The number of halogens is 1. The van der Waals surface area contributed by atoms with Gasteiger partial charge in [0.1, 0.15) is 6.61 Å². The summed E-state index contributed by atoms with van der Waals surface area (Å²) < 4.78 is 5.20. The van der Waals surface area contributed by atoms with Crippen molar-refractivity contribution in [2.75, 3.05) is 25.5 Å². The first-order chi connectivity index (χ1) is 12.5. The summed E-state index contributed by atoms with van der Waals surface area (Å²) in [6, 6.07) is 14.8. The Bertz CT molecular complexity index is 778. The highest BCUT2D eigenvalue weighted by Crippen LogP contribution is 2.22. The molecule has 0 aromatic heterocycles. The lowest BCUT2D eigenvalue weighted by Gasteiger charge is -2.32. The molecule has 1 atom stereocenters. The molecule has 2 amide bonds. The van der Waals surface area contributed by atoms with Gasteiger partial charge in [-0.1, -0.05) is 35.9 Å². The van der Waals surface area contributed by atoms with E-state index in [2.05, 4.69) is 10.6 Å². The van der Waals surface area contributed by atoms with E-state index in [1.54, 1.807) is 12.1 Å². The number of rotatable bonds is 4. The van der Waals surface area contributed by atoms with Crippen LogP contribution in [-0.4, -0.2) is 37.0 Å². The molecule has 1 unspecified atom stereocenters. The first-order valence-corrected chi connectivity index (χ1v) is 8.64. The summed E-state index contributed by atoms with van der Waals surface area (Å²) in [5.41, 5.74) is 2.59. The van der Waals surface area contributed by atoms with Crippen LogP contribution in [0.5, 0.6) is 0 Å². The predicted molar refractivity (Wildman–Crippen MR) is 100 cm³/mol. The quantitative estimate of drug-likeness (QED) is 0.863. The number of amides is 2. The second-order valence-corrected chi connectivity index (χ2v) is 6.62. The largest absolute Gasteiger partial charge is 0.444 e. The number of hydrogen-bond donors (Lipinski definition) is 2. The smallest absolute Gasteiger partial charge is 0.411 e. The summed E-state index contributed by atoms with van der Waals surface area (Å²) in [7, 11) is 1.92. The maximum Gasteiger partial charge on any atom is 0.411 e. The van der Waals surface area contributed by atoms with Crippen molar-refractivity contribution >= 4 is 29.3 Å². The Kier molecular flexibility index (Phi) is 5.75. The molecule has 1 saturated heterocycles. The average molecular weight is 374 g/mol. The van der Waals surface area contributed by atoms with Crippen LogP contribution in [0.2, 0.25) is 5.02 Å². The van der Waals surface area contributed by atoms with E-state index in [0.29, 0.717) is 23.8 Å². The van der Waals surface area contributed by atoms with Gasteiger partial charge in [0, 0.05) is 17.3 Å². The Hall–Kier alpha value is -2.57. The van der Waals surface area contributed by atoms with E-state index in [1.807, 2.05) is 48.3 Å². The van der Waals surface area contributed by atoms with E-state index >= 15 is 0 Å². The van der Waals surface area contributed by atoms with Crippen LogP contribution >= 0.6 is 11.6 Å². The van der Waals surface area contributed by atoms with Crippen LogP contribution < -0.4 is 10.6 Å². The van der Waals surface area contributed by atoms with E-state index in [9.17, 15) is 9.59 Å². The summed E-state index contributed by atoms with van der Waals surface area (Å²) in [6.07, 6.45) is -0.519. The molecule has 1 heterocycles. The highest BCUT2D eigenvalue weighted by atomic mass is 35.5. The molecule has 1 aliphatic rings. The lowest BCUT2D eigenvalue weighted by atomic mass is 10.0. The summed E-state index contributed by atoms with van der Waals surface area (Å²) in [4.78, 5) is 25.3. The van der Waals surface area contributed by atoms with Gasteiger partial charge in [0.05, 0.1) is 12.6 Å². The Morgan fingerprint density at radius 1 is 1.23 bits per heavy atom. The third-order valence-corrected chi connectivity index (χ3v) is 4.49. The fraction of sp³-hybridized carbons (Fsp3) is 0.263. The third kappa shape index (κ3) is 4.74. The third-order valence-electron chi connectivity index (χ3n) is 4.24. The first-order valence-electron chi connectivity index (χ1n) is 8.26. The summed E-state index contributed by atoms with van der Waals surface area (Å²) in [5, 5.41) is 6.21. The average Bonchev–Trinajstić information content (AvgIpc) is 2.62. The maximum absolute atomic E-state index is 11.9. The minimum Gasteiger partial charge on any atom is -0.444 e. The van der Waals surface area contributed by atoms with Gasteiger partial charge in [-0.3, -0.25) is 15.0 Å². The number of carbonyl (C=O) groups is 2. The molecular weight excluding hydrogens is 354 g/mol. The molecule has 26 heavy (non-hydrogen) atoms. The Balaban J connectivity index is 1.52. The molecular formula is C19H20ClN3O3. The number of nitrogens with zero attached hydrogens (tertiary/aromatic N) is 1. The zero-order valence-corrected chi connectivity index (χ0v) is 15.1. The highest BCUT2D eigenvalue weighted by Gasteiger charge is 2.24. The molecule has 0 saturated carbocycles. The highest BCUT2D eigenvalue weighted by molar-refractivity contribution is 6.30. The molecule has 0 radical (unpaired) electrons. The Morgan fingerprint density at radius 2 is 1.92 bits per heavy atom. The molecule has 0 bridgehead atoms. The molecule has 136 valence electrons. The molecule has 2 aromatic carbocycles. The van der Waals surface area contributed by atoms with Crippen molar-refractivity contribution in [2.24, 2.45) is 0 Å². The molecule has 2 N–H and O–H groups in total. The summed E-state index contributed by atoms with van der Waals surface area (Å²) in [5.74, 6) is 0.0328. The maximum atomic E-state index is 11.9. The zero-order valence-electron chi connectivity index (χ0n) is 14.4. The molecule has 6 nitrogen and oxygen atoms in total. The lowest BCUT2D eigenvalue weighted by molar-refractivity contribution is -0.125. The number of nitrogens with one attached hydrogen (secondary N) is 2. The fourth-order valence-corrected chi connectivity index (χ4v) is 2.93. The molecule has 3 rings (SSSR count). The number of benzene rings is 2. The molecule has 7 heteroatoms. The SMILES string of the molecule is CN1CC(=O)NCC1c1ccc(NC(=O)OCc2ccc(Cl)cc2)cc1. The summed E-state index contributed by atoms with van der Waals surface area (Å²) >= 11 is 5.82. The molecule has 0 aliphatic carbocycles. The molecule has 2 aromatic rings. The number of likely N-dealkylation sites (N-methyl/N-ethyl adjacent to an activating group) is 1. The van der Waals surface area contributed by atoms with Crippen LogP contribution in [0.15, 0.2) is 48.5 Å². The van der Waals surface area contributed by atoms with Gasteiger partial charge in [0.2, 0.25) is 5.91 Å². The standard InChI is InChI=1S/C19H20ClN3O3/c1-23-11-18(24)21-10-17(23)14-4-8-16(9-5-14)22-19(25)26-12-13-2-6-15(20)7-3-13/h2-9,17H,10-12H2,1H3,(H,21,24)(H,22,25). The topological polar surface area (TPSA) is 70.7 Å². The van der Waals surface area contributed by atoms with Crippen LogP contribution in [0.4, 0.5) is 10.5 Å². The molecule has 1 fully saturated rings. The van der Waals surface area contributed by atoms with Gasteiger partial charge >= 0.3 is 6.09 Å². The van der Waals surface area contributed by atoms with Crippen LogP contribution in [0.3, 0.4) is 0 Å². The Labute approximate surface area is 157 Å². The van der Waals surface area contributed by atoms with Crippen molar-refractivity contribution in [1.29, 1.82) is 0 Å². The second-order valence-electron chi connectivity index (χ2n) is 6.18. The predicted octanol–water partition coefficient (Wildman–Crippen LogP) is 3.19. The van der Waals surface area contributed by atoms with Crippen molar-refractivity contribution < 1.29 is 14.3 Å². The van der Waals surface area contributed by atoms with Crippen LogP contribution in [-0.2, 0) is 16.1 Å². The van der Waals surface area contributed by atoms with Gasteiger partial charge in [-0.15, -0.1) is 0 Å².